The minimum absolute atomic E-state index is 0.0557. The fraction of sp³-hybridized carbons (Fsp3) is 0.615. The van der Waals surface area contributed by atoms with Crippen LogP contribution in [0.3, 0.4) is 0 Å². The lowest BCUT2D eigenvalue weighted by molar-refractivity contribution is -0.127. The fourth-order valence-electron chi connectivity index (χ4n) is 2.32. The third kappa shape index (κ3) is 3.11. The molecular weight excluding hydrogens is 230 g/mol. The normalized spacial score (nSPS) is 22.7. The molecule has 0 radical (unpaired) electrons. The number of hydrogen-bond acceptors (Lipinski definition) is 4. The molecule has 100 valence electrons. The van der Waals surface area contributed by atoms with Crippen LogP contribution in [0.4, 0.5) is 0 Å². The van der Waals surface area contributed by atoms with Crippen LogP contribution in [0.25, 0.3) is 0 Å². The SMILES string of the molecule is CC(C(=O)NCc1ccco1)N1CCNC[C@H]1C. The molecule has 0 aliphatic carbocycles. The van der Waals surface area contributed by atoms with Crippen molar-refractivity contribution in [1.29, 1.82) is 0 Å². The Bertz CT molecular complexity index is 378. The van der Waals surface area contributed by atoms with Crippen molar-refractivity contribution in [2.75, 3.05) is 19.6 Å². The number of carbonyl (C=O) groups excluding carboxylic acids is 1. The van der Waals surface area contributed by atoms with E-state index >= 15 is 0 Å². The smallest absolute Gasteiger partial charge is 0.237 e. The number of nitrogens with one attached hydrogen (secondary N) is 2. The summed E-state index contributed by atoms with van der Waals surface area (Å²) in [7, 11) is 0. The molecule has 0 aromatic carbocycles. The van der Waals surface area contributed by atoms with Gasteiger partial charge in [0.15, 0.2) is 0 Å². The summed E-state index contributed by atoms with van der Waals surface area (Å²) in [4.78, 5) is 14.3. The predicted molar refractivity (Wildman–Crippen MR) is 69.1 cm³/mol. The molecule has 1 saturated heterocycles. The first-order valence-corrected chi connectivity index (χ1v) is 6.45. The van der Waals surface area contributed by atoms with Crippen LogP contribution in [0, 0.1) is 0 Å². The summed E-state index contributed by atoms with van der Waals surface area (Å²) in [6.07, 6.45) is 1.61. The van der Waals surface area contributed by atoms with E-state index in [-0.39, 0.29) is 11.9 Å². The lowest BCUT2D eigenvalue weighted by Gasteiger charge is -2.37. The van der Waals surface area contributed by atoms with Crippen LogP contribution in [0.2, 0.25) is 0 Å². The van der Waals surface area contributed by atoms with Crippen molar-refractivity contribution < 1.29 is 9.21 Å². The van der Waals surface area contributed by atoms with Crippen molar-refractivity contribution in [3.63, 3.8) is 0 Å². The second-order valence-corrected chi connectivity index (χ2v) is 4.76. The second kappa shape index (κ2) is 6.02. The number of rotatable bonds is 4. The fourth-order valence-corrected chi connectivity index (χ4v) is 2.32. The van der Waals surface area contributed by atoms with E-state index in [1.54, 1.807) is 6.26 Å². The van der Waals surface area contributed by atoms with Crippen LogP contribution >= 0.6 is 0 Å². The third-order valence-corrected chi connectivity index (χ3v) is 3.45. The Labute approximate surface area is 108 Å². The molecule has 0 saturated carbocycles. The molecule has 1 unspecified atom stereocenters. The molecule has 2 rings (SSSR count). The highest BCUT2D eigenvalue weighted by molar-refractivity contribution is 5.81. The number of carbonyl (C=O) groups is 1. The van der Waals surface area contributed by atoms with E-state index in [9.17, 15) is 4.79 Å². The number of furan rings is 1. The van der Waals surface area contributed by atoms with Crippen LogP contribution in [-0.4, -0.2) is 42.5 Å². The van der Waals surface area contributed by atoms with Crippen LogP contribution in [0.15, 0.2) is 22.8 Å². The second-order valence-electron chi connectivity index (χ2n) is 4.76. The summed E-state index contributed by atoms with van der Waals surface area (Å²) in [6, 6.07) is 3.97. The van der Waals surface area contributed by atoms with E-state index in [1.165, 1.54) is 0 Å². The third-order valence-electron chi connectivity index (χ3n) is 3.45. The quantitative estimate of drug-likeness (QED) is 0.822. The van der Waals surface area contributed by atoms with Gasteiger partial charge in [-0.15, -0.1) is 0 Å². The average molecular weight is 251 g/mol. The van der Waals surface area contributed by atoms with Gasteiger partial charge in [-0.05, 0) is 26.0 Å². The molecule has 5 nitrogen and oxygen atoms in total. The van der Waals surface area contributed by atoms with Gasteiger partial charge in [-0.2, -0.15) is 0 Å². The van der Waals surface area contributed by atoms with Crippen molar-refractivity contribution in [1.82, 2.24) is 15.5 Å². The van der Waals surface area contributed by atoms with E-state index in [2.05, 4.69) is 22.5 Å². The maximum atomic E-state index is 12.1. The van der Waals surface area contributed by atoms with E-state index in [4.69, 9.17) is 4.42 Å². The highest BCUT2D eigenvalue weighted by atomic mass is 16.3. The van der Waals surface area contributed by atoms with Crippen molar-refractivity contribution in [2.24, 2.45) is 0 Å². The van der Waals surface area contributed by atoms with Gasteiger partial charge in [-0.3, -0.25) is 9.69 Å². The van der Waals surface area contributed by atoms with Gasteiger partial charge in [0.25, 0.3) is 0 Å². The van der Waals surface area contributed by atoms with Crippen molar-refractivity contribution in [2.45, 2.75) is 32.5 Å². The average Bonchev–Trinajstić information content (AvgIpc) is 2.89. The van der Waals surface area contributed by atoms with Crippen LogP contribution in [0.5, 0.6) is 0 Å². The van der Waals surface area contributed by atoms with Gasteiger partial charge >= 0.3 is 0 Å². The molecule has 5 heteroatoms. The Morgan fingerprint density at radius 2 is 2.56 bits per heavy atom. The Hall–Kier alpha value is -1.33. The summed E-state index contributed by atoms with van der Waals surface area (Å²) >= 11 is 0. The van der Waals surface area contributed by atoms with Crippen LogP contribution in [-0.2, 0) is 11.3 Å². The molecule has 1 aromatic rings. The van der Waals surface area contributed by atoms with Gasteiger partial charge in [-0.1, -0.05) is 0 Å². The van der Waals surface area contributed by atoms with Gasteiger partial charge in [0.2, 0.25) is 5.91 Å². The summed E-state index contributed by atoms with van der Waals surface area (Å²) in [6.45, 7) is 7.35. The maximum Gasteiger partial charge on any atom is 0.237 e. The van der Waals surface area contributed by atoms with Gasteiger partial charge in [0.1, 0.15) is 5.76 Å². The minimum atomic E-state index is -0.0999. The standard InChI is InChI=1S/C13H21N3O2/c1-10-8-14-5-6-16(10)11(2)13(17)15-9-12-4-3-7-18-12/h3-4,7,10-11,14H,5-6,8-9H2,1-2H3,(H,15,17)/t10-,11?/m1/s1. The number of piperazine rings is 1. The van der Waals surface area contributed by atoms with Gasteiger partial charge < -0.3 is 15.1 Å². The first-order valence-electron chi connectivity index (χ1n) is 6.45. The largest absolute Gasteiger partial charge is 0.467 e. The first-order chi connectivity index (χ1) is 8.68. The molecule has 1 aliphatic heterocycles. The molecule has 2 N–H and O–H groups in total. The molecule has 18 heavy (non-hydrogen) atoms. The van der Waals surface area contributed by atoms with Gasteiger partial charge in [0, 0.05) is 25.7 Å². The zero-order valence-corrected chi connectivity index (χ0v) is 11.0. The predicted octanol–water partition coefficient (Wildman–Crippen LogP) is 0.578. The van der Waals surface area contributed by atoms with Crippen molar-refractivity contribution >= 4 is 5.91 Å². The lowest BCUT2D eigenvalue weighted by Crippen LogP contribution is -2.57. The van der Waals surface area contributed by atoms with E-state index in [0.717, 1.165) is 25.4 Å². The molecular formula is C13H21N3O2. The monoisotopic (exact) mass is 251 g/mol. The van der Waals surface area contributed by atoms with E-state index in [0.29, 0.717) is 12.6 Å². The maximum absolute atomic E-state index is 12.1. The first kappa shape index (κ1) is 13.1. The van der Waals surface area contributed by atoms with Crippen LogP contribution in [0.1, 0.15) is 19.6 Å². The molecule has 2 atom stereocenters. The molecule has 1 aromatic heterocycles. The Balaban J connectivity index is 1.84. The number of hydrogen-bond donors (Lipinski definition) is 2. The van der Waals surface area contributed by atoms with Gasteiger partial charge in [-0.25, -0.2) is 0 Å². The topological polar surface area (TPSA) is 57.5 Å². The summed E-state index contributed by atoms with van der Waals surface area (Å²) < 4.78 is 5.19. The number of nitrogens with zero attached hydrogens (tertiary/aromatic N) is 1. The zero-order chi connectivity index (χ0) is 13.0. The Morgan fingerprint density at radius 1 is 1.72 bits per heavy atom. The molecule has 1 fully saturated rings. The van der Waals surface area contributed by atoms with Crippen LogP contribution < -0.4 is 10.6 Å². The number of amides is 1. The minimum Gasteiger partial charge on any atom is -0.467 e. The zero-order valence-electron chi connectivity index (χ0n) is 11.0. The van der Waals surface area contributed by atoms with E-state index < -0.39 is 0 Å². The van der Waals surface area contributed by atoms with E-state index in [1.807, 2.05) is 19.1 Å². The Morgan fingerprint density at radius 3 is 3.22 bits per heavy atom. The summed E-state index contributed by atoms with van der Waals surface area (Å²) in [5.41, 5.74) is 0. The molecule has 1 amide bonds. The molecule has 1 aliphatic rings. The summed E-state index contributed by atoms with van der Waals surface area (Å²) in [5, 5.41) is 6.23. The highest BCUT2D eigenvalue weighted by Crippen LogP contribution is 2.08. The Kier molecular flexibility index (Phi) is 4.38. The van der Waals surface area contributed by atoms with Crippen molar-refractivity contribution in [3.05, 3.63) is 24.2 Å². The summed E-state index contributed by atoms with van der Waals surface area (Å²) in [5.74, 6) is 0.837. The molecule has 0 bridgehead atoms. The molecule has 0 spiro atoms. The lowest BCUT2D eigenvalue weighted by atomic mass is 10.1. The van der Waals surface area contributed by atoms with Crippen molar-refractivity contribution in [3.8, 4) is 0 Å². The molecule has 2 heterocycles. The van der Waals surface area contributed by atoms with Gasteiger partial charge in [0.05, 0.1) is 18.8 Å². The highest BCUT2D eigenvalue weighted by Gasteiger charge is 2.27.